The van der Waals surface area contributed by atoms with Crippen LogP contribution in [0.3, 0.4) is 0 Å². The van der Waals surface area contributed by atoms with E-state index in [0.717, 1.165) is 16.8 Å². The summed E-state index contributed by atoms with van der Waals surface area (Å²) in [6.07, 6.45) is 0.434. The SMILES string of the molecule is C[C@H](c1ccccc1)N1CCC(=O)C2(C1)ON=C(c1ccc(Cl)cc1)[C@H]2c1ccccc1. The highest BCUT2D eigenvalue weighted by molar-refractivity contribution is 6.30. The van der Waals surface area contributed by atoms with Gasteiger partial charge in [0, 0.05) is 36.1 Å². The predicted molar refractivity (Wildman–Crippen MR) is 127 cm³/mol. The zero-order valence-electron chi connectivity index (χ0n) is 17.9. The highest BCUT2D eigenvalue weighted by Crippen LogP contribution is 2.45. The molecule has 3 aromatic rings. The second-order valence-corrected chi connectivity index (χ2v) is 8.97. The van der Waals surface area contributed by atoms with Crippen molar-refractivity contribution in [2.75, 3.05) is 13.1 Å². The Bertz CT molecular complexity index is 1130. The number of hydrogen-bond acceptors (Lipinski definition) is 4. The highest BCUT2D eigenvalue weighted by atomic mass is 35.5. The summed E-state index contributed by atoms with van der Waals surface area (Å²) in [5.74, 6) is -0.182. The lowest BCUT2D eigenvalue weighted by Crippen LogP contribution is -2.58. The second kappa shape index (κ2) is 8.53. The molecule has 5 rings (SSSR count). The largest absolute Gasteiger partial charge is 0.378 e. The van der Waals surface area contributed by atoms with E-state index in [9.17, 15) is 4.79 Å². The normalized spacial score (nSPS) is 24.2. The van der Waals surface area contributed by atoms with Gasteiger partial charge in [0.05, 0.1) is 11.6 Å². The molecule has 3 atom stereocenters. The maximum atomic E-state index is 13.5. The van der Waals surface area contributed by atoms with E-state index in [0.29, 0.717) is 24.5 Å². The Morgan fingerprint density at radius 2 is 1.66 bits per heavy atom. The number of carbonyl (C=O) groups is 1. The van der Waals surface area contributed by atoms with Crippen LogP contribution in [0.2, 0.25) is 5.02 Å². The standard InChI is InChI=1S/C27H25ClN2O2/c1-19(20-8-4-2-5-9-20)30-17-16-24(31)27(18-30)25(21-10-6-3-7-11-21)26(29-32-27)22-12-14-23(28)15-13-22/h2-15,19,25H,16-18H2,1H3/t19-,25-,27?/m1/s1. The van der Waals surface area contributed by atoms with Crippen molar-refractivity contribution in [2.45, 2.75) is 30.9 Å². The second-order valence-electron chi connectivity index (χ2n) is 8.54. The third-order valence-electron chi connectivity index (χ3n) is 6.69. The zero-order chi connectivity index (χ0) is 22.1. The summed E-state index contributed by atoms with van der Waals surface area (Å²) in [5, 5.41) is 5.18. The Morgan fingerprint density at radius 3 is 2.34 bits per heavy atom. The van der Waals surface area contributed by atoms with Gasteiger partial charge < -0.3 is 4.84 Å². The van der Waals surface area contributed by atoms with E-state index in [1.807, 2.05) is 48.5 Å². The van der Waals surface area contributed by atoms with Gasteiger partial charge in [-0.25, -0.2) is 0 Å². The molecular formula is C27H25ClN2O2. The molecule has 0 saturated carbocycles. The molecule has 0 radical (unpaired) electrons. The van der Waals surface area contributed by atoms with Crippen LogP contribution in [-0.4, -0.2) is 35.1 Å². The van der Waals surface area contributed by atoms with Crippen LogP contribution in [-0.2, 0) is 9.63 Å². The smallest absolute Gasteiger partial charge is 0.220 e. The quantitative estimate of drug-likeness (QED) is 0.523. The Morgan fingerprint density at radius 1 is 1.00 bits per heavy atom. The molecule has 3 aromatic carbocycles. The summed E-state index contributed by atoms with van der Waals surface area (Å²) in [4.78, 5) is 22.0. The van der Waals surface area contributed by atoms with Gasteiger partial charge in [-0.05, 0) is 30.2 Å². The molecule has 1 fully saturated rings. The summed E-state index contributed by atoms with van der Waals surface area (Å²) in [6, 6.07) is 28.2. The van der Waals surface area contributed by atoms with Crippen LogP contribution in [0.1, 0.15) is 42.0 Å². The van der Waals surface area contributed by atoms with Gasteiger partial charge in [-0.2, -0.15) is 0 Å². The summed E-state index contributed by atoms with van der Waals surface area (Å²) in [7, 11) is 0. The molecule has 1 unspecified atom stereocenters. The summed E-state index contributed by atoms with van der Waals surface area (Å²) in [5.41, 5.74) is 2.90. The fourth-order valence-corrected chi connectivity index (χ4v) is 5.03. The number of likely N-dealkylation sites (tertiary alicyclic amines) is 1. The van der Waals surface area contributed by atoms with Gasteiger partial charge in [0.1, 0.15) is 0 Å². The van der Waals surface area contributed by atoms with Gasteiger partial charge in [-0.3, -0.25) is 9.69 Å². The van der Waals surface area contributed by atoms with Gasteiger partial charge in [-0.15, -0.1) is 0 Å². The first-order valence-electron chi connectivity index (χ1n) is 11.0. The minimum atomic E-state index is -1.04. The van der Waals surface area contributed by atoms with Crippen molar-refractivity contribution in [3.05, 3.63) is 107 Å². The average molecular weight is 445 g/mol. The molecule has 1 saturated heterocycles. The molecule has 0 aromatic heterocycles. The number of carbonyl (C=O) groups excluding carboxylic acids is 1. The lowest BCUT2D eigenvalue weighted by Gasteiger charge is -2.43. The van der Waals surface area contributed by atoms with Crippen molar-refractivity contribution in [3.63, 3.8) is 0 Å². The minimum absolute atomic E-state index is 0.107. The van der Waals surface area contributed by atoms with Crippen LogP contribution in [0, 0.1) is 0 Å². The number of benzene rings is 3. The van der Waals surface area contributed by atoms with E-state index in [-0.39, 0.29) is 17.7 Å². The van der Waals surface area contributed by atoms with Gasteiger partial charge >= 0.3 is 0 Å². The van der Waals surface area contributed by atoms with E-state index in [1.165, 1.54) is 5.56 Å². The Hall–Kier alpha value is -2.95. The molecule has 0 aliphatic carbocycles. The average Bonchev–Trinajstić information content (AvgIpc) is 3.22. The van der Waals surface area contributed by atoms with E-state index >= 15 is 0 Å². The maximum absolute atomic E-state index is 13.5. The van der Waals surface area contributed by atoms with Crippen molar-refractivity contribution < 1.29 is 9.63 Å². The number of nitrogens with zero attached hydrogens (tertiary/aromatic N) is 2. The summed E-state index contributed by atoms with van der Waals surface area (Å²) >= 11 is 6.12. The van der Waals surface area contributed by atoms with Crippen molar-refractivity contribution in [3.8, 4) is 0 Å². The molecule has 1 spiro atoms. The number of Topliss-reactive ketones (excluding diaryl/α,β-unsaturated/α-hetero) is 1. The van der Waals surface area contributed by atoms with Crippen LogP contribution in [0.4, 0.5) is 0 Å². The van der Waals surface area contributed by atoms with Crippen LogP contribution in [0.5, 0.6) is 0 Å². The monoisotopic (exact) mass is 444 g/mol. The van der Waals surface area contributed by atoms with Crippen LogP contribution in [0.15, 0.2) is 90.1 Å². The number of oxime groups is 1. The molecule has 2 aliphatic heterocycles. The summed E-state index contributed by atoms with van der Waals surface area (Å²) < 4.78 is 0. The number of hydrogen-bond donors (Lipinski definition) is 0. The van der Waals surface area contributed by atoms with Gasteiger partial charge in [-0.1, -0.05) is 89.6 Å². The van der Waals surface area contributed by atoms with E-state index in [4.69, 9.17) is 16.4 Å². The van der Waals surface area contributed by atoms with Crippen LogP contribution >= 0.6 is 11.6 Å². The van der Waals surface area contributed by atoms with Crippen LogP contribution in [0.25, 0.3) is 0 Å². The first-order valence-corrected chi connectivity index (χ1v) is 11.4. The molecule has 0 bridgehead atoms. The number of halogens is 1. The van der Waals surface area contributed by atoms with Crippen molar-refractivity contribution in [2.24, 2.45) is 5.16 Å². The Labute approximate surface area is 193 Å². The molecule has 4 nitrogen and oxygen atoms in total. The van der Waals surface area contributed by atoms with E-state index in [1.54, 1.807) is 0 Å². The first kappa shape index (κ1) is 20.9. The molecule has 0 amide bonds. The third kappa shape index (κ3) is 3.64. The minimum Gasteiger partial charge on any atom is -0.378 e. The van der Waals surface area contributed by atoms with E-state index in [2.05, 4.69) is 53.4 Å². The number of piperidine rings is 1. The Balaban J connectivity index is 1.55. The molecule has 2 heterocycles. The Kier molecular flexibility index (Phi) is 5.58. The number of ketones is 1. The third-order valence-corrected chi connectivity index (χ3v) is 6.94. The first-order chi connectivity index (χ1) is 15.6. The topological polar surface area (TPSA) is 41.9 Å². The maximum Gasteiger partial charge on any atom is 0.220 e. The molecule has 0 N–H and O–H groups in total. The zero-order valence-corrected chi connectivity index (χ0v) is 18.7. The molecule has 5 heteroatoms. The molecule has 2 aliphatic rings. The highest BCUT2D eigenvalue weighted by Gasteiger charge is 2.58. The van der Waals surface area contributed by atoms with Crippen LogP contribution < -0.4 is 0 Å². The molecule has 32 heavy (non-hydrogen) atoms. The fourth-order valence-electron chi connectivity index (χ4n) is 4.90. The van der Waals surface area contributed by atoms with Crippen molar-refractivity contribution >= 4 is 23.1 Å². The molecule has 162 valence electrons. The van der Waals surface area contributed by atoms with Crippen molar-refractivity contribution in [1.29, 1.82) is 0 Å². The van der Waals surface area contributed by atoms with Gasteiger partial charge in [0.2, 0.25) is 5.60 Å². The van der Waals surface area contributed by atoms with Gasteiger partial charge in [0.25, 0.3) is 0 Å². The van der Waals surface area contributed by atoms with E-state index < -0.39 is 5.60 Å². The fraction of sp³-hybridized carbons (Fsp3) is 0.259. The van der Waals surface area contributed by atoms with Crippen molar-refractivity contribution in [1.82, 2.24) is 4.90 Å². The summed E-state index contributed by atoms with van der Waals surface area (Å²) in [6.45, 7) is 3.38. The lowest BCUT2D eigenvalue weighted by molar-refractivity contribution is -0.153. The van der Waals surface area contributed by atoms with Gasteiger partial charge in [0.15, 0.2) is 5.78 Å². The molecular weight excluding hydrogens is 420 g/mol. The predicted octanol–water partition coefficient (Wildman–Crippen LogP) is 5.63. The number of rotatable bonds is 4. The lowest BCUT2D eigenvalue weighted by atomic mass is 9.72.